The van der Waals surface area contributed by atoms with Gasteiger partial charge in [0, 0.05) is 17.7 Å². The monoisotopic (exact) mass is 386 g/mol. The molecule has 2 aromatic rings. The van der Waals surface area contributed by atoms with Gasteiger partial charge in [-0.15, -0.1) is 5.10 Å². The van der Waals surface area contributed by atoms with Crippen molar-refractivity contribution in [3.63, 3.8) is 0 Å². The Labute approximate surface area is 158 Å². The maximum atomic E-state index is 13.1. The van der Waals surface area contributed by atoms with E-state index < -0.39 is 4.92 Å². The molecule has 1 amide bonds. The van der Waals surface area contributed by atoms with Crippen molar-refractivity contribution in [1.82, 2.24) is 4.90 Å². The van der Waals surface area contributed by atoms with Crippen LogP contribution in [0.5, 0.6) is 0 Å². The molecule has 1 saturated heterocycles. The Kier molecular flexibility index (Phi) is 5.60. The lowest BCUT2D eigenvalue weighted by molar-refractivity contribution is -0.384. The maximum Gasteiger partial charge on any atom is 0.270 e. The number of thioether (sulfide) groups is 1. The van der Waals surface area contributed by atoms with Gasteiger partial charge in [0.1, 0.15) is 5.82 Å². The molecule has 0 aliphatic carbocycles. The highest BCUT2D eigenvalue weighted by molar-refractivity contribution is 8.15. The molecule has 0 radical (unpaired) electrons. The lowest BCUT2D eigenvalue weighted by Gasteiger charge is -2.15. The van der Waals surface area contributed by atoms with E-state index in [9.17, 15) is 19.3 Å². The maximum absolute atomic E-state index is 13.1. The molecule has 7 nitrogen and oxygen atoms in total. The molecule has 1 aliphatic heterocycles. The van der Waals surface area contributed by atoms with Crippen molar-refractivity contribution in [3.8, 4) is 0 Å². The molecule has 0 saturated carbocycles. The van der Waals surface area contributed by atoms with Gasteiger partial charge in [-0.1, -0.05) is 36.0 Å². The molecular formula is C18H15FN4O3S. The Morgan fingerprint density at radius 3 is 2.74 bits per heavy atom. The topological polar surface area (TPSA) is 88.2 Å². The normalized spacial score (nSPS) is 18.6. The summed E-state index contributed by atoms with van der Waals surface area (Å²) >= 11 is 1.28. The van der Waals surface area contributed by atoms with E-state index in [2.05, 4.69) is 10.2 Å². The van der Waals surface area contributed by atoms with Crippen LogP contribution in [0.3, 0.4) is 0 Å². The molecule has 1 atom stereocenters. The molecule has 1 unspecified atom stereocenters. The number of nitro groups is 1. The standard InChI is InChI=1S/C18H15FN4O3S/c1-12-17(24)22(11-13-5-7-15(19)8-6-13)18(27-12)21-20-10-14-3-2-4-16(9-14)23(25)26/h2-10,12H,11H2,1H3/b20-10+,21-18-. The van der Waals surface area contributed by atoms with Gasteiger partial charge in [-0.05, 0) is 24.6 Å². The van der Waals surface area contributed by atoms with E-state index in [4.69, 9.17) is 0 Å². The summed E-state index contributed by atoms with van der Waals surface area (Å²) in [6.45, 7) is 2.04. The summed E-state index contributed by atoms with van der Waals surface area (Å²) < 4.78 is 13.1. The van der Waals surface area contributed by atoms with E-state index in [1.54, 1.807) is 31.2 Å². The Hall–Kier alpha value is -3.07. The van der Waals surface area contributed by atoms with Crippen LogP contribution >= 0.6 is 11.8 Å². The van der Waals surface area contributed by atoms with Gasteiger partial charge in [-0.2, -0.15) is 5.10 Å². The van der Waals surface area contributed by atoms with Crippen LogP contribution in [0.15, 0.2) is 58.7 Å². The average molecular weight is 386 g/mol. The number of nitrogens with zero attached hydrogens (tertiary/aromatic N) is 4. The van der Waals surface area contributed by atoms with Crippen molar-refractivity contribution in [2.75, 3.05) is 0 Å². The quantitative estimate of drug-likeness (QED) is 0.446. The molecule has 0 bridgehead atoms. The number of carbonyl (C=O) groups excluding carboxylic acids is 1. The first-order valence-corrected chi connectivity index (χ1v) is 8.90. The average Bonchev–Trinajstić information content (AvgIpc) is 2.91. The van der Waals surface area contributed by atoms with Gasteiger partial charge in [0.2, 0.25) is 5.91 Å². The van der Waals surface area contributed by atoms with Crippen molar-refractivity contribution in [3.05, 3.63) is 75.6 Å². The number of rotatable bonds is 5. The third-order valence-corrected chi connectivity index (χ3v) is 4.88. The highest BCUT2D eigenvalue weighted by Crippen LogP contribution is 2.28. The number of amidine groups is 1. The van der Waals surface area contributed by atoms with Crippen molar-refractivity contribution in [1.29, 1.82) is 0 Å². The Morgan fingerprint density at radius 1 is 1.30 bits per heavy atom. The van der Waals surface area contributed by atoms with Gasteiger partial charge in [-0.3, -0.25) is 19.8 Å². The van der Waals surface area contributed by atoms with E-state index >= 15 is 0 Å². The highest BCUT2D eigenvalue weighted by atomic mass is 32.2. The second-order valence-corrected chi connectivity index (χ2v) is 7.10. The number of nitro benzene ring substituents is 1. The molecule has 0 N–H and O–H groups in total. The second kappa shape index (κ2) is 8.09. The Bertz CT molecular complexity index is 930. The number of amides is 1. The van der Waals surface area contributed by atoms with Crippen molar-refractivity contribution in [2.45, 2.75) is 18.7 Å². The zero-order valence-corrected chi connectivity index (χ0v) is 15.1. The number of carbonyl (C=O) groups is 1. The van der Waals surface area contributed by atoms with E-state index in [1.807, 2.05) is 0 Å². The van der Waals surface area contributed by atoms with Crippen LogP contribution in [0.4, 0.5) is 10.1 Å². The minimum absolute atomic E-state index is 0.0384. The third-order valence-electron chi connectivity index (χ3n) is 3.81. The first-order chi connectivity index (χ1) is 12.9. The highest BCUT2D eigenvalue weighted by Gasteiger charge is 2.35. The summed E-state index contributed by atoms with van der Waals surface area (Å²) in [7, 11) is 0. The summed E-state index contributed by atoms with van der Waals surface area (Å²) in [5, 5.41) is 19.0. The number of non-ortho nitro benzene ring substituents is 1. The van der Waals surface area contributed by atoms with Crippen LogP contribution in [-0.4, -0.2) is 32.4 Å². The minimum atomic E-state index is -0.485. The van der Waals surface area contributed by atoms with Crippen LogP contribution in [-0.2, 0) is 11.3 Å². The largest absolute Gasteiger partial charge is 0.284 e. The summed E-state index contributed by atoms with van der Waals surface area (Å²) in [5.41, 5.74) is 1.26. The predicted octanol–water partition coefficient (Wildman–Crippen LogP) is 3.59. The molecule has 138 valence electrons. The Balaban J connectivity index is 1.78. The SMILES string of the molecule is CC1S/C(=N\N=C\c2cccc([N+](=O)[O-])c2)N(Cc2ccc(F)cc2)C1=O. The lowest BCUT2D eigenvalue weighted by Crippen LogP contribution is -2.30. The van der Waals surface area contributed by atoms with Gasteiger partial charge in [0.15, 0.2) is 5.17 Å². The summed E-state index contributed by atoms with van der Waals surface area (Å²) in [4.78, 5) is 24.2. The third kappa shape index (κ3) is 4.56. The van der Waals surface area contributed by atoms with E-state index in [0.717, 1.165) is 5.56 Å². The second-order valence-electron chi connectivity index (χ2n) is 5.79. The van der Waals surface area contributed by atoms with Gasteiger partial charge < -0.3 is 0 Å². The predicted molar refractivity (Wildman–Crippen MR) is 102 cm³/mol. The summed E-state index contributed by atoms with van der Waals surface area (Å²) in [5.74, 6) is -0.446. The molecule has 9 heteroatoms. The Morgan fingerprint density at radius 2 is 2.04 bits per heavy atom. The van der Waals surface area contributed by atoms with E-state index in [-0.39, 0.29) is 29.2 Å². The smallest absolute Gasteiger partial charge is 0.270 e. The summed E-state index contributed by atoms with van der Waals surface area (Å²) in [6.07, 6.45) is 1.39. The fourth-order valence-electron chi connectivity index (χ4n) is 2.44. The first kappa shape index (κ1) is 18.7. The minimum Gasteiger partial charge on any atom is -0.284 e. The van der Waals surface area contributed by atoms with Gasteiger partial charge in [0.05, 0.1) is 22.9 Å². The van der Waals surface area contributed by atoms with Crippen molar-refractivity contribution < 1.29 is 14.1 Å². The van der Waals surface area contributed by atoms with Crippen molar-refractivity contribution >= 4 is 34.7 Å². The molecule has 3 rings (SSSR count). The molecule has 1 aliphatic rings. The molecule has 27 heavy (non-hydrogen) atoms. The van der Waals surface area contributed by atoms with Crippen LogP contribution in [0.2, 0.25) is 0 Å². The van der Waals surface area contributed by atoms with Gasteiger partial charge >= 0.3 is 0 Å². The number of hydrogen-bond acceptors (Lipinski definition) is 6. The fraction of sp³-hybridized carbons (Fsp3) is 0.167. The molecule has 1 fully saturated rings. The molecule has 0 spiro atoms. The fourth-order valence-corrected chi connectivity index (χ4v) is 3.37. The number of halogens is 1. The number of hydrogen-bond donors (Lipinski definition) is 0. The van der Waals surface area contributed by atoms with Crippen LogP contribution < -0.4 is 0 Å². The van der Waals surface area contributed by atoms with Gasteiger partial charge in [0.25, 0.3) is 5.69 Å². The molecule has 0 aromatic heterocycles. The van der Waals surface area contributed by atoms with Crippen LogP contribution in [0.25, 0.3) is 0 Å². The number of benzene rings is 2. The zero-order valence-electron chi connectivity index (χ0n) is 14.3. The van der Waals surface area contributed by atoms with Gasteiger partial charge in [-0.25, -0.2) is 4.39 Å². The van der Waals surface area contributed by atoms with Crippen molar-refractivity contribution in [2.24, 2.45) is 10.2 Å². The first-order valence-electron chi connectivity index (χ1n) is 8.02. The van der Waals surface area contributed by atoms with Crippen LogP contribution in [0.1, 0.15) is 18.1 Å². The lowest BCUT2D eigenvalue weighted by atomic mass is 10.2. The molecule has 2 aromatic carbocycles. The summed E-state index contributed by atoms with van der Waals surface area (Å²) in [6, 6.07) is 11.9. The zero-order chi connectivity index (χ0) is 19.4. The van der Waals surface area contributed by atoms with Crippen LogP contribution in [0, 0.1) is 15.9 Å². The van der Waals surface area contributed by atoms with E-state index in [1.165, 1.54) is 47.1 Å². The molecular weight excluding hydrogens is 371 g/mol. The van der Waals surface area contributed by atoms with E-state index in [0.29, 0.717) is 10.7 Å². The molecule has 1 heterocycles.